The molecule has 0 radical (unpaired) electrons. The molecule has 30 heavy (non-hydrogen) atoms. The van der Waals surface area contributed by atoms with Crippen molar-refractivity contribution in [3.05, 3.63) is 66.0 Å². The van der Waals surface area contributed by atoms with Gasteiger partial charge in [-0.1, -0.05) is 60.3 Å². The van der Waals surface area contributed by atoms with Gasteiger partial charge in [-0.2, -0.15) is 13.2 Å². The molecule has 4 rings (SSSR count). The highest BCUT2D eigenvalue weighted by molar-refractivity contribution is 8.00. The van der Waals surface area contributed by atoms with Crippen molar-refractivity contribution < 1.29 is 22.7 Å². The van der Waals surface area contributed by atoms with E-state index in [0.717, 1.165) is 11.8 Å². The maximum atomic E-state index is 13.4. The minimum Gasteiger partial charge on any atom is -0.378 e. The first-order valence-corrected chi connectivity index (χ1v) is 10.2. The summed E-state index contributed by atoms with van der Waals surface area (Å²) < 4.78 is 45.5. The molecule has 5 nitrogen and oxygen atoms in total. The summed E-state index contributed by atoms with van der Waals surface area (Å²) in [7, 11) is 0. The molecule has 0 bridgehead atoms. The van der Waals surface area contributed by atoms with Gasteiger partial charge in [-0.05, 0) is 11.6 Å². The number of benzene rings is 2. The smallest absolute Gasteiger partial charge is 0.378 e. The summed E-state index contributed by atoms with van der Waals surface area (Å²) in [5.74, 6) is -1.39. The van der Waals surface area contributed by atoms with Gasteiger partial charge in [0.2, 0.25) is 11.7 Å². The SMILES string of the molecule is O=C(C(Sc1nc(C(F)(F)F)nc2ccccc12)c1ccccc1)N1CCOCC1. The summed E-state index contributed by atoms with van der Waals surface area (Å²) in [5.41, 5.74) is 0.892. The van der Waals surface area contributed by atoms with Gasteiger partial charge < -0.3 is 9.64 Å². The van der Waals surface area contributed by atoms with Crippen molar-refractivity contribution in [1.82, 2.24) is 14.9 Å². The second-order valence-corrected chi connectivity index (χ2v) is 7.81. The highest BCUT2D eigenvalue weighted by Gasteiger charge is 2.36. The van der Waals surface area contributed by atoms with Gasteiger partial charge in [-0.3, -0.25) is 4.79 Å². The van der Waals surface area contributed by atoms with E-state index < -0.39 is 17.3 Å². The molecule has 0 N–H and O–H groups in total. The lowest BCUT2D eigenvalue weighted by Gasteiger charge is -2.30. The van der Waals surface area contributed by atoms with Gasteiger partial charge in [-0.15, -0.1) is 0 Å². The molecule has 1 saturated heterocycles. The van der Waals surface area contributed by atoms with E-state index in [4.69, 9.17) is 4.74 Å². The van der Waals surface area contributed by atoms with Gasteiger partial charge in [0.05, 0.1) is 18.7 Å². The molecule has 2 aromatic carbocycles. The Labute approximate surface area is 175 Å². The number of hydrogen-bond acceptors (Lipinski definition) is 5. The van der Waals surface area contributed by atoms with E-state index in [9.17, 15) is 18.0 Å². The third kappa shape index (κ3) is 4.41. The van der Waals surface area contributed by atoms with Crippen molar-refractivity contribution in [2.75, 3.05) is 26.3 Å². The highest BCUT2D eigenvalue weighted by Crippen LogP contribution is 2.40. The van der Waals surface area contributed by atoms with Crippen LogP contribution in [0, 0.1) is 0 Å². The van der Waals surface area contributed by atoms with Crippen molar-refractivity contribution >= 4 is 28.6 Å². The Kier molecular flexibility index (Phi) is 5.92. The van der Waals surface area contributed by atoms with Crippen molar-refractivity contribution in [1.29, 1.82) is 0 Å². The Hall–Kier alpha value is -2.65. The number of amides is 1. The summed E-state index contributed by atoms with van der Waals surface area (Å²) in [6, 6.07) is 15.5. The number of rotatable bonds is 4. The molecule has 1 aliphatic heterocycles. The van der Waals surface area contributed by atoms with Crippen LogP contribution in [0.1, 0.15) is 16.6 Å². The van der Waals surface area contributed by atoms with Crippen LogP contribution in [0.5, 0.6) is 0 Å². The predicted molar refractivity (Wildman–Crippen MR) is 107 cm³/mol. The number of fused-ring (bicyclic) bond motifs is 1. The van der Waals surface area contributed by atoms with Crippen molar-refractivity contribution in [3.63, 3.8) is 0 Å². The maximum absolute atomic E-state index is 13.4. The normalized spacial score (nSPS) is 15.9. The molecular weight excluding hydrogens is 415 g/mol. The number of hydrogen-bond donors (Lipinski definition) is 0. The Bertz CT molecular complexity index is 1040. The summed E-state index contributed by atoms with van der Waals surface area (Å²) in [4.78, 5) is 22.4. The van der Waals surface area contributed by atoms with Crippen LogP contribution >= 0.6 is 11.8 Å². The molecule has 1 atom stereocenters. The second-order valence-electron chi connectivity index (χ2n) is 6.71. The van der Waals surface area contributed by atoms with Gasteiger partial charge in [-0.25, -0.2) is 9.97 Å². The number of halogens is 3. The fraction of sp³-hybridized carbons (Fsp3) is 0.286. The van der Waals surface area contributed by atoms with Crippen LogP contribution in [-0.4, -0.2) is 47.1 Å². The van der Waals surface area contributed by atoms with Crippen LogP contribution in [0.3, 0.4) is 0 Å². The average molecular weight is 433 g/mol. The Morgan fingerprint density at radius 1 is 1.00 bits per heavy atom. The third-order valence-electron chi connectivity index (χ3n) is 4.70. The zero-order valence-corrected chi connectivity index (χ0v) is 16.6. The molecule has 156 valence electrons. The molecule has 9 heteroatoms. The first-order chi connectivity index (χ1) is 14.4. The van der Waals surface area contributed by atoms with E-state index in [-0.39, 0.29) is 16.4 Å². The predicted octanol–water partition coefficient (Wildman–Crippen LogP) is 4.34. The summed E-state index contributed by atoms with van der Waals surface area (Å²) in [5, 5.41) is -0.127. The number of aromatic nitrogens is 2. The number of ether oxygens (including phenoxy) is 1. The van der Waals surface area contributed by atoms with Crippen LogP contribution in [0.2, 0.25) is 0 Å². The lowest BCUT2D eigenvalue weighted by molar-refractivity contribution is -0.145. The zero-order chi connectivity index (χ0) is 21.1. The largest absolute Gasteiger partial charge is 0.451 e. The molecule has 0 saturated carbocycles. The van der Waals surface area contributed by atoms with Gasteiger partial charge in [0, 0.05) is 18.5 Å². The lowest BCUT2D eigenvalue weighted by Crippen LogP contribution is -2.42. The number of para-hydroxylation sites is 1. The van der Waals surface area contributed by atoms with Crippen molar-refractivity contribution in [3.8, 4) is 0 Å². The number of thioether (sulfide) groups is 1. The first kappa shape index (κ1) is 20.6. The van der Waals surface area contributed by atoms with Crippen LogP contribution in [-0.2, 0) is 15.7 Å². The summed E-state index contributed by atoms with van der Waals surface area (Å²) in [6.07, 6.45) is -4.68. The van der Waals surface area contributed by atoms with E-state index in [1.165, 1.54) is 6.07 Å². The number of alkyl halides is 3. The molecule has 1 amide bonds. The molecule has 1 aromatic heterocycles. The number of carbonyl (C=O) groups excluding carboxylic acids is 1. The lowest BCUT2D eigenvalue weighted by atomic mass is 10.1. The Morgan fingerprint density at radius 2 is 1.67 bits per heavy atom. The second kappa shape index (κ2) is 8.61. The van der Waals surface area contributed by atoms with Gasteiger partial charge >= 0.3 is 6.18 Å². The number of nitrogens with zero attached hydrogens (tertiary/aromatic N) is 3. The molecule has 3 aromatic rings. The molecule has 2 heterocycles. The van der Waals surface area contributed by atoms with E-state index in [0.29, 0.717) is 37.3 Å². The molecule has 1 aliphatic rings. The molecular formula is C21H18F3N3O2S. The fourth-order valence-corrected chi connectivity index (χ4v) is 4.42. The van der Waals surface area contributed by atoms with Gasteiger partial charge in [0.25, 0.3) is 0 Å². The van der Waals surface area contributed by atoms with Crippen LogP contribution in [0.25, 0.3) is 10.9 Å². The monoisotopic (exact) mass is 433 g/mol. The van der Waals surface area contributed by atoms with Crippen LogP contribution in [0.15, 0.2) is 59.6 Å². The highest BCUT2D eigenvalue weighted by atomic mass is 32.2. The number of carbonyl (C=O) groups is 1. The molecule has 1 unspecified atom stereocenters. The van der Waals surface area contributed by atoms with E-state index in [1.807, 2.05) is 6.07 Å². The van der Waals surface area contributed by atoms with Gasteiger partial charge in [0.15, 0.2) is 0 Å². The van der Waals surface area contributed by atoms with E-state index in [2.05, 4.69) is 9.97 Å². The fourth-order valence-electron chi connectivity index (χ4n) is 3.21. The van der Waals surface area contributed by atoms with Crippen molar-refractivity contribution in [2.45, 2.75) is 16.5 Å². The number of morpholine rings is 1. The molecule has 0 spiro atoms. The van der Waals surface area contributed by atoms with E-state index in [1.54, 1.807) is 47.4 Å². The minimum atomic E-state index is -4.68. The quantitative estimate of drug-likeness (QED) is 0.453. The summed E-state index contributed by atoms with van der Waals surface area (Å²) >= 11 is 1.02. The molecule has 1 fully saturated rings. The van der Waals surface area contributed by atoms with Crippen LogP contribution in [0.4, 0.5) is 13.2 Å². The van der Waals surface area contributed by atoms with Gasteiger partial charge in [0.1, 0.15) is 10.3 Å². The zero-order valence-electron chi connectivity index (χ0n) is 15.8. The maximum Gasteiger partial charge on any atom is 0.451 e. The standard InChI is InChI=1S/C21H18F3N3O2S/c22-21(23,24)20-25-16-9-5-4-8-15(16)18(26-20)30-17(14-6-2-1-3-7-14)19(28)27-10-12-29-13-11-27/h1-9,17H,10-13H2. The van der Waals surface area contributed by atoms with Crippen molar-refractivity contribution in [2.24, 2.45) is 0 Å². The minimum absolute atomic E-state index is 0.128. The Morgan fingerprint density at radius 3 is 2.37 bits per heavy atom. The van der Waals surface area contributed by atoms with E-state index >= 15 is 0 Å². The van der Waals surface area contributed by atoms with Crippen LogP contribution < -0.4 is 0 Å². The average Bonchev–Trinajstić information content (AvgIpc) is 2.77. The topological polar surface area (TPSA) is 55.3 Å². The molecule has 0 aliphatic carbocycles. The third-order valence-corrected chi connectivity index (χ3v) is 5.94. The first-order valence-electron chi connectivity index (χ1n) is 9.35. The Balaban J connectivity index is 1.77. The summed E-state index contributed by atoms with van der Waals surface area (Å²) in [6.45, 7) is 1.77.